The molecule has 0 spiro atoms. The van der Waals surface area contributed by atoms with Crippen molar-refractivity contribution in [3.8, 4) is 5.75 Å². The van der Waals surface area contributed by atoms with Gasteiger partial charge in [-0.05, 0) is 54.4 Å². The molecule has 3 heterocycles. The number of benzene rings is 2. The third kappa shape index (κ3) is 2.38. The van der Waals surface area contributed by atoms with Gasteiger partial charge >= 0.3 is 0 Å². The highest BCUT2D eigenvalue weighted by Crippen LogP contribution is 2.46. The van der Waals surface area contributed by atoms with Crippen molar-refractivity contribution in [2.45, 2.75) is 37.4 Å². The first-order chi connectivity index (χ1) is 14.2. The number of carbonyl (C=O) groups excluding carboxylic acids is 1. The van der Waals surface area contributed by atoms with Crippen LogP contribution in [0, 0.1) is 0 Å². The first-order valence-corrected chi connectivity index (χ1v) is 10.5. The summed E-state index contributed by atoms with van der Waals surface area (Å²) in [7, 11) is 1.68. The molecule has 1 saturated carbocycles. The maximum atomic E-state index is 13.4. The summed E-state index contributed by atoms with van der Waals surface area (Å²) in [5, 5.41) is 1.86. The first-order valence-electron chi connectivity index (χ1n) is 10.1. The molecular weight excluding hydrogens is 382 g/mol. The van der Waals surface area contributed by atoms with Crippen LogP contribution in [0.3, 0.4) is 0 Å². The van der Waals surface area contributed by atoms with Gasteiger partial charge in [0.15, 0.2) is 5.11 Å². The maximum Gasteiger partial charge on any atom is 0.252 e. The van der Waals surface area contributed by atoms with Crippen LogP contribution in [-0.2, 0) is 11.2 Å². The predicted molar refractivity (Wildman–Crippen MR) is 115 cm³/mol. The lowest BCUT2D eigenvalue weighted by Gasteiger charge is -2.37. The first kappa shape index (κ1) is 17.0. The minimum atomic E-state index is -0.244. The molecule has 2 unspecified atom stereocenters. The van der Waals surface area contributed by atoms with Crippen molar-refractivity contribution in [1.82, 2.24) is 14.8 Å². The quantitative estimate of drug-likeness (QED) is 0.676. The molecule has 1 saturated heterocycles. The summed E-state index contributed by atoms with van der Waals surface area (Å²) in [6.07, 6.45) is 2.77. The van der Waals surface area contributed by atoms with E-state index in [0.717, 1.165) is 35.4 Å². The Morgan fingerprint density at radius 2 is 1.97 bits per heavy atom. The van der Waals surface area contributed by atoms with Crippen LogP contribution in [-0.4, -0.2) is 45.0 Å². The van der Waals surface area contributed by atoms with E-state index in [1.165, 1.54) is 10.9 Å². The van der Waals surface area contributed by atoms with Crippen LogP contribution in [0.5, 0.6) is 5.75 Å². The van der Waals surface area contributed by atoms with E-state index in [2.05, 4.69) is 40.2 Å². The summed E-state index contributed by atoms with van der Waals surface area (Å²) >= 11 is 5.87. The van der Waals surface area contributed by atoms with Gasteiger partial charge in [0.2, 0.25) is 0 Å². The molecule has 3 aliphatic rings. The smallest absolute Gasteiger partial charge is 0.252 e. The standard InChI is InChI=1S/C23H21N3O2S/c1-28-15-6-4-5-13(11-15)21-20-17(16-7-2-3-8-18(16)24-20)12-19-22(27)25(14-9-10-14)23(29)26(19)21/h2-8,11,14,19,21,24H,9-10,12H2,1H3. The van der Waals surface area contributed by atoms with E-state index in [1.807, 2.05) is 23.1 Å². The van der Waals surface area contributed by atoms with E-state index in [0.29, 0.717) is 11.5 Å². The fraction of sp³-hybridized carbons (Fsp3) is 0.304. The fourth-order valence-corrected chi connectivity index (χ4v) is 5.39. The van der Waals surface area contributed by atoms with Crippen LogP contribution in [0.15, 0.2) is 48.5 Å². The average molecular weight is 404 g/mol. The lowest BCUT2D eigenvalue weighted by Crippen LogP contribution is -2.44. The van der Waals surface area contributed by atoms with E-state index in [9.17, 15) is 4.79 Å². The van der Waals surface area contributed by atoms with Crippen molar-refractivity contribution in [2.24, 2.45) is 0 Å². The summed E-state index contributed by atoms with van der Waals surface area (Å²) in [5.74, 6) is 0.958. The number of aromatic amines is 1. The number of para-hydroxylation sites is 1. The molecule has 146 valence electrons. The number of nitrogens with zero attached hydrogens (tertiary/aromatic N) is 2. The lowest BCUT2D eigenvalue weighted by atomic mass is 9.89. The minimum Gasteiger partial charge on any atom is -0.497 e. The Labute approximate surface area is 174 Å². The highest BCUT2D eigenvalue weighted by atomic mass is 32.1. The number of thiocarbonyl (C=S) groups is 1. The van der Waals surface area contributed by atoms with Crippen molar-refractivity contribution in [3.63, 3.8) is 0 Å². The second-order valence-electron chi connectivity index (χ2n) is 8.09. The topological polar surface area (TPSA) is 48.6 Å². The van der Waals surface area contributed by atoms with E-state index in [4.69, 9.17) is 17.0 Å². The van der Waals surface area contributed by atoms with Crippen molar-refractivity contribution in [3.05, 3.63) is 65.4 Å². The third-order valence-electron chi connectivity index (χ3n) is 6.40. The highest BCUT2D eigenvalue weighted by Gasteiger charge is 2.53. The molecule has 0 radical (unpaired) electrons. The number of amides is 1. The number of hydrogen-bond donors (Lipinski definition) is 1. The number of methoxy groups -OCH3 is 1. The number of rotatable bonds is 3. The molecule has 5 nitrogen and oxygen atoms in total. The summed E-state index contributed by atoms with van der Waals surface area (Å²) in [6.45, 7) is 0. The SMILES string of the molecule is COc1cccc(C2c3[nH]c4ccccc4c3CC3C(=O)N(C4CC4)C(=S)N32)c1. The van der Waals surface area contributed by atoms with Gasteiger partial charge in [-0.3, -0.25) is 9.69 Å². The van der Waals surface area contributed by atoms with Crippen LogP contribution in [0.4, 0.5) is 0 Å². The zero-order chi connectivity index (χ0) is 19.7. The van der Waals surface area contributed by atoms with E-state index in [1.54, 1.807) is 7.11 Å². The zero-order valence-electron chi connectivity index (χ0n) is 16.1. The third-order valence-corrected chi connectivity index (χ3v) is 6.81. The Hall–Kier alpha value is -2.86. The average Bonchev–Trinajstić information content (AvgIpc) is 3.46. The number of hydrogen-bond acceptors (Lipinski definition) is 3. The van der Waals surface area contributed by atoms with Crippen molar-refractivity contribution in [1.29, 1.82) is 0 Å². The molecule has 3 aromatic rings. The minimum absolute atomic E-state index is 0.133. The molecule has 1 aromatic heterocycles. The van der Waals surface area contributed by atoms with E-state index >= 15 is 0 Å². The van der Waals surface area contributed by atoms with Gasteiger partial charge in [0.1, 0.15) is 11.8 Å². The molecule has 0 bridgehead atoms. The molecule has 2 atom stereocenters. The maximum absolute atomic E-state index is 13.4. The Morgan fingerprint density at radius 3 is 2.76 bits per heavy atom. The Morgan fingerprint density at radius 1 is 1.14 bits per heavy atom. The summed E-state index contributed by atoms with van der Waals surface area (Å²) < 4.78 is 5.48. The monoisotopic (exact) mass is 403 g/mol. The van der Waals surface area contributed by atoms with Crippen molar-refractivity contribution in [2.75, 3.05) is 7.11 Å². The molecule has 6 rings (SSSR count). The van der Waals surface area contributed by atoms with Gasteiger partial charge in [-0.25, -0.2) is 0 Å². The number of carbonyl (C=O) groups is 1. The number of aromatic nitrogens is 1. The Bertz CT molecular complexity index is 1170. The molecule has 6 heteroatoms. The largest absolute Gasteiger partial charge is 0.497 e. The highest BCUT2D eigenvalue weighted by molar-refractivity contribution is 7.80. The number of ether oxygens (including phenoxy) is 1. The van der Waals surface area contributed by atoms with E-state index < -0.39 is 0 Å². The number of nitrogens with one attached hydrogen (secondary N) is 1. The van der Waals surface area contributed by atoms with Crippen LogP contribution >= 0.6 is 12.2 Å². The number of H-pyrrole nitrogens is 1. The molecular formula is C23H21N3O2S. The summed E-state index contributed by atoms with van der Waals surface area (Å²) in [4.78, 5) is 21.0. The second kappa shape index (κ2) is 6.07. The van der Waals surface area contributed by atoms with Gasteiger partial charge in [-0.1, -0.05) is 30.3 Å². The van der Waals surface area contributed by atoms with Gasteiger partial charge in [0, 0.05) is 29.1 Å². The van der Waals surface area contributed by atoms with Crippen LogP contribution in [0.25, 0.3) is 10.9 Å². The van der Waals surface area contributed by atoms with Gasteiger partial charge in [-0.15, -0.1) is 0 Å². The lowest BCUT2D eigenvalue weighted by molar-refractivity contribution is -0.128. The Kier molecular flexibility index (Phi) is 3.56. The van der Waals surface area contributed by atoms with Gasteiger partial charge < -0.3 is 14.6 Å². The second-order valence-corrected chi connectivity index (χ2v) is 8.46. The molecule has 1 N–H and O–H groups in total. The molecule has 2 aromatic carbocycles. The van der Waals surface area contributed by atoms with Gasteiger partial charge in [0.05, 0.1) is 13.2 Å². The van der Waals surface area contributed by atoms with Crippen molar-refractivity contribution >= 4 is 34.1 Å². The van der Waals surface area contributed by atoms with Crippen molar-refractivity contribution < 1.29 is 9.53 Å². The molecule has 2 aliphatic heterocycles. The van der Waals surface area contributed by atoms with Gasteiger partial charge in [-0.2, -0.15) is 0 Å². The zero-order valence-corrected chi connectivity index (χ0v) is 16.9. The normalized spacial score (nSPS) is 23.5. The van der Waals surface area contributed by atoms with E-state index in [-0.39, 0.29) is 24.0 Å². The predicted octanol–water partition coefficient (Wildman–Crippen LogP) is 3.78. The molecule has 1 amide bonds. The van der Waals surface area contributed by atoms with Crippen LogP contribution < -0.4 is 4.74 Å². The summed E-state index contributed by atoms with van der Waals surface area (Å²) in [6, 6.07) is 16.3. The molecule has 29 heavy (non-hydrogen) atoms. The summed E-state index contributed by atoms with van der Waals surface area (Å²) in [5.41, 5.74) is 4.53. The molecule has 1 aliphatic carbocycles. The van der Waals surface area contributed by atoms with Crippen LogP contribution in [0.1, 0.15) is 35.7 Å². The molecule has 2 fully saturated rings. The Balaban J connectivity index is 1.57. The van der Waals surface area contributed by atoms with Gasteiger partial charge in [0.25, 0.3) is 5.91 Å². The number of fused-ring (bicyclic) bond motifs is 4. The fourth-order valence-electron chi connectivity index (χ4n) is 4.92. The van der Waals surface area contributed by atoms with Crippen LogP contribution in [0.2, 0.25) is 0 Å².